The maximum absolute atomic E-state index is 12.1. The van der Waals surface area contributed by atoms with E-state index < -0.39 is 24.5 Å². The Morgan fingerprint density at radius 2 is 1.75 bits per heavy atom. The minimum Gasteiger partial charge on any atom is -0.465 e. The highest BCUT2D eigenvalue weighted by Crippen LogP contribution is 2.16. The minimum absolute atomic E-state index is 0.0233. The number of carbonyl (C=O) groups is 3. The standard InChI is InChI=1S/C21H18N2O5/c1-27-21(26)15-7-9-17(10-8-15)23-18(24)13-28-19(25)12-16-5-2-4-14-6-3-11-22-20(14)16/h2-11H,12-13H2,1H3,(H,23,24). The summed E-state index contributed by atoms with van der Waals surface area (Å²) in [5, 5.41) is 3.53. The quantitative estimate of drug-likeness (QED) is 0.663. The molecule has 0 radical (unpaired) electrons. The summed E-state index contributed by atoms with van der Waals surface area (Å²) < 4.78 is 9.66. The predicted octanol–water partition coefficient (Wildman–Crippen LogP) is 2.75. The maximum Gasteiger partial charge on any atom is 0.337 e. The Kier molecular flexibility index (Phi) is 5.96. The molecule has 3 rings (SSSR count). The fraction of sp³-hybridized carbons (Fsp3) is 0.143. The summed E-state index contributed by atoms with van der Waals surface area (Å²) in [5.41, 5.74) is 2.32. The van der Waals surface area contributed by atoms with Crippen LogP contribution in [0.15, 0.2) is 60.8 Å². The molecular weight excluding hydrogens is 360 g/mol. The lowest BCUT2D eigenvalue weighted by molar-refractivity contribution is -0.146. The highest BCUT2D eigenvalue weighted by Gasteiger charge is 2.12. The Morgan fingerprint density at radius 1 is 1.00 bits per heavy atom. The van der Waals surface area contributed by atoms with Gasteiger partial charge in [0.05, 0.1) is 24.6 Å². The third-order valence-corrected chi connectivity index (χ3v) is 4.01. The van der Waals surface area contributed by atoms with Crippen molar-refractivity contribution in [3.05, 3.63) is 71.9 Å². The summed E-state index contributed by atoms with van der Waals surface area (Å²) in [6.07, 6.45) is 1.69. The number of pyridine rings is 1. The van der Waals surface area contributed by atoms with Crippen molar-refractivity contribution in [2.45, 2.75) is 6.42 Å². The zero-order valence-electron chi connectivity index (χ0n) is 15.2. The number of aromatic nitrogens is 1. The van der Waals surface area contributed by atoms with Crippen LogP contribution in [0.3, 0.4) is 0 Å². The first-order chi connectivity index (χ1) is 13.6. The van der Waals surface area contributed by atoms with Gasteiger partial charge in [0.15, 0.2) is 6.61 Å². The van der Waals surface area contributed by atoms with Gasteiger partial charge in [0.25, 0.3) is 5.91 Å². The number of ether oxygens (including phenoxy) is 2. The average molecular weight is 378 g/mol. The molecule has 28 heavy (non-hydrogen) atoms. The summed E-state index contributed by atoms with van der Waals surface area (Å²) in [5.74, 6) is -1.46. The highest BCUT2D eigenvalue weighted by molar-refractivity contribution is 5.94. The van der Waals surface area contributed by atoms with Crippen LogP contribution in [-0.2, 0) is 25.5 Å². The molecule has 0 aliphatic rings. The molecule has 2 aromatic carbocycles. The summed E-state index contributed by atoms with van der Waals surface area (Å²) >= 11 is 0. The number of nitrogens with one attached hydrogen (secondary N) is 1. The number of methoxy groups -OCH3 is 1. The number of carbonyl (C=O) groups excluding carboxylic acids is 3. The van der Waals surface area contributed by atoms with Crippen LogP contribution in [0.5, 0.6) is 0 Å². The van der Waals surface area contributed by atoms with E-state index in [4.69, 9.17) is 4.74 Å². The topological polar surface area (TPSA) is 94.6 Å². The predicted molar refractivity (Wildman–Crippen MR) is 103 cm³/mol. The molecule has 1 amide bonds. The monoisotopic (exact) mass is 378 g/mol. The second-order valence-electron chi connectivity index (χ2n) is 5.95. The minimum atomic E-state index is -0.519. The van der Waals surface area contributed by atoms with Gasteiger partial charge in [-0.05, 0) is 35.9 Å². The highest BCUT2D eigenvalue weighted by atomic mass is 16.5. The number of hydrogen-bond donors (Lipinski definition) is 1. The molecule has 0 aliphatic heterocycles. The molecule has 7 heteroatoms. The molecule has 142 valence electrons. The number of fused-ring (bicyclic) bond motifs is 1. The van der Waals surface area contributed by atoms with Crippen molar-refractivity contribution in [2.75, 3.05) is 19.0 Å². The van der Waals surface area contributed by atoms with Gasteiger partial charge in [-0.1, -0.05) is 24.3 Å². The molecule has 3 aromatic rings. The van der Waals surface area contributed by atoms with Crippen LogP contribution in [0.1, 0.15) is 15.9 Å². The molecule has 0 spiro atoms. The molecule has 0 fully saturated rings. The zero-order chi connectivity index (χ0) is 19.9. The Morgan fingerprint density at radius 3 is 2.50 bits per heavy atom. The Labute approximate surface area is 161 Å². The molecule has 0 bridgehead atoms. The fourth-order valence-electron chi connectivity index (χ4n) is 2.67. The van der Waals surface area contributed by atoms with Crippen LogP contribution >= 0.6 is 0 Å². The first kappa shape index (κ1) is 19.0. The maximum atomic E-state index is 12.1. The van der Waals surface area contributed by atoms with Crippen LogP contribution in [0, 0.1) is 0 Å². The second kappa shape index (κ2) is 8.77. The van der Waals surface area contributed by atoms with Gasteiger partial charge in [-0.25, -0.2) is 4.79 Å². The summed E-state index contributed by atoms with van der Waals surface area (Å²) in [7, 11) is 1.29. The zero-order valence-corrected chi connectivity index (χ0v) is 15.2. The SMILES string of the molecule is COC(=O)c1ccc(NC(=O)COC(=O)Cc2cccc3cccnc23)cc1. The molecule has 0 saturated heterocycles. The number of nitrogens with zero attached hydrogens (tertiary/aromatic N) is 1. The van der Waals surface area contributed by atoms with Gasteiger partial charge in [-0.15, -0.1) is 0 Å². The van der Waals surface area contributed by atoms with E-state index >= 15 is 0 Å². The molecule has 1 aromatic heterocycles. The molecule has 1 N–H and O–H groups in total. The lowest BCUT2D eigenvalue weighted by atomic mass is 10.1. The fourth-order valence-corrected chi connectivity index (χ4v) is 2.67. The van der Waals surface area contributed by atoms with Crippen LogP contribution in [-0.4, -0.2) is 36.5 Å². The van der Waals surface area contributed by atoms with Gasteiger partial charge in [-0.2, -0.15) is 0 Å². The summed E-state index contributed by atoms with van der Waals surface area (Å²) in [6.45, 7) is -0.407. The van der Waals surface area contributed by atoms with E-state index in [-0.39, 0.29) is 6.42 Å². The number of rotatable bonds is 6. The van der Waals surface area contributed by atoms with Gasteiger partial charge in [0, 0.05) is 17.3 Å². The number of esters is 2. The van der Waals surface area contributed by atoms with E-state index in [0.29, 0.717) is 11.3 Å². The van der Waals surface area contributed by atoms with Crippen molar-refractivity contribution in [3.8, 4) is 0 Å². The normalized spacial score (nSPS) is 10.3. The van der Waals surface area contributed by atoms with E-state index in [9.17, 15) is 14.4 Å². The third-order valence-electron chi connectivity index (χ3n) is 4.01. The van der Waals surface area contributed by atoms with Crippen LogP contribution in [0.4, 0.5) is 5.69 Å². The van der Waals surface area contributed by atoms with E-state index in [1.807, 2.05) is 24.3 Å². The number of anilines is 1. The Hall–Kier alpha value is -3.74. The second-order valence-corrected chi connectivity index (χ2v) is 5.95. The van der Waals surface area contributed by atoms with Crippen molar-refractivity contribution in [3.63, 3.8) is 0 Å². The van der Waals surface area contributed by atoms with Crippen LogP contribution in [0.2, 0.25) is 0 Å². The number of hydrogen-bond acceptors (Lipinski definition) is 6. The van der Waals surface area contributed by atoms with Crippen molar-refractivity contribution in [2.24, 2.45) is 0 Å². The van der Waals surface area contributed by atoms with Crippen LogP contribution in [0.25, 0.3) is 10.9 Å². The van der Waals surface area contributed by atoms with Gasteiger partial charge < -0.3 is 14.8 Å². The smallest absolute Gasteiger partial charge is 0.337 e. The van der Waals surface area contributed by atoms with Crippen molar-refractivity contribution in [1.29, 1.82) is 0 Å². The van der Waals surface area contributed by atoms with Crippen LogP contribution < -0.4 is 5.32 Å². The molecule has 1 heterocycles. The van der Waals surface area contributed by atoms with E-state index in [0.717, 1.165) is 16.5 Å². The van der Waals surface area contributed by atoms with E-state index in [1.54, 1.807) is 24.4 Å². The number of benzene rings is 2. The number of amides is 1. The van der Waals surface area contributed by atoms with Gasteiger partial charge in [0.1, 0.15) is 0 Å². The molecule has 0 atom stereocenters. The van der Waals surface area contributed by atoms with Crippen molar-refractivity contribution in [1.82, 2.24) is 4.98 Å². The lowest BCUT2D eigenvalue weighted by Gasteiger charge is -2.08. The molecule has 0 aliphatic carbocycles. The molecule has 0 unspecified atom stereocenters. The molecule has 7 nitrogen and oxygen atoms in total. The first-order valence-corrected chi connectivity index (χ1v) is 8.53. The van der Waals surface area contributed by atoms with Gasteiger partial charge >= 0.3 is 11.9 Å². The largest absolute Gasteiger partial charge is 0.465 e. The first-order valence-electron chi connectivity index (χ1n) is 8.53. The third kappa shape index (κ3) is 4.70. The Bertz CT molecular complexity index is 1010. The van der Waals surface area contributed by atoms with Crippen molar-refractivity contribution < 1.29 is 23.9 Å². The van der Waals surface area contributed by atoms with Crippen molar-refractivity contribution >= 4 is 34.4 Å². The lowest BCUT2D eigenvalue weighted by Crippen LogP contribution is -2.21. The van der Waals surface area contributed by atoms with E-state index in [1.165, 1.54) is 19.2 Å². The molecular formula is C21H18N2O5. The summed E-state index contributed by atoms with van der Waals surface area (Å²) in [4.78, 5) is 39.7. The summed E-state index contributed by atoms with van der Waals surface area (Å²) in [6, 6.07) is 15.5. The molecule has 0 saturated carbocycles. The van der Waals surface area contributed by atoms with Gasteiger partial charge in [-0.3, -0.25) is 14.6 Å². The van der Waals surface area contributed by atoms with E-state index in [2.05, 4.69) is 15.0 Å². The average Bonchev–Trinajstić information content (AvgIpc) is 2.72. The Balaban J connectivity index is 1.53. The number of para-hydroxylation sites is 1. The van der Waals surface area contributed by atoms with Gasteiger partial charge in [0.2, 0.25) is 0 Å².